The Hall–Kier alpha value is -0.910. The van der Waals surface area contributed by atoms with Crippen molar-refractivity contribution in [1.29, 1.82) is 0 Å². The highest BCUT2D eigenvalue weighted by atomic mass is 79.9. The van der Waals surface area contributed by atoms with E-state index in [0.29, 0.717) is 24.8 Å². The van der Waals surface area contributed by atoms with Gasteiger partial charge < -0.3 is 14.8 Å². The molecule has 0 unspecified atom stereocenters. The number of hydrogen-bond acceptors (Lipinski definition) is 3. The van der Waals surface area contributed by atoms with Crippen LogP contribution in [0.3, 0.4) is 0 Å². The fourth-order valence-electron chi connectivity index (χ4n) is 2.07. The van der Waals surface area contributed by atoms with E-state index in [9.17, 15) is 4.79 Å². The molecule has 0 aromatic heterocycles. The van der Waals surface area contributed by atoms with Crippen LogP contribution in [0, 0.1) is 0 Å². The van der Waals surface area contributed by atoms with Crippen molar-refractivity contribution < 1.29 is 14.3 Å². The van der Waals surface area contributed by atoms with Crippen LogP contribution >= 0.6 is 15.9 Å². The molecule has 1 amide bonds. The van der Waals surface area contributed by atoms with Gasteiger partial charge in [0.05, 0.1) is 6.10 Å². The molecule has 1 aromatic rings. The highest BCUT2D eigenvalue weighted by Gasteiger charge is 2.13. The molecule has 5 heteroatoms. The van der Waals surface area contributed by atoms with Crippen molar-refractivity contribution in [3.8, 4) is 0 Å². The van der Waals surface area contributed by atoms with Crippen LogP contribution in [-0.2, 0) is 9.47 Å². The molecule has 2 rings (SSSR count). The fourth-order valence-corrected chi connectivity index (χ4v) is 2.33. The highest BCUT2D eigenvalue weighted by Crippen LogP contribution is 2.11. The quantitative estimate of drug-likeness (QED) is 0.809. The maximum atomic E-state index is 11.8. The zero-order chi connectivity index (χ0) is 14.2. The second kappa shape index (κ2) is 8.39. The summed E-state index contributed by atoms with van der Waals surface area (Å²) in [5.74, 6) is -0.0384. The molecule has 1 N–H and O–H groups in total. The molecule has 0 aliphatic carbocycles. The monoisotopic (exact) mass is 341 g/mol. The molecule has 1 fully saturated rings. The summed E-state index contributed by atoms with van der Waals surface area (Å²) >= 11 is 3.35. The fraction of sp³-hybridized carbons (Fsp3) is 0.533. The molecule has 1 aliphatic rings. The summed E-state index contributed by atoms with van der Waals surface area (Å²) in [4.78, 5) is 11.8. The number of ether oxygens (including phenoxy) is 2. The maximum absolute atomic E-state index is 11.8. The Bertz CT molecular complexity index is 416. The minimum Gasteiger partial charge on any atom is -0.381 e. The number of carbonyl (C=O) groups is 1. The van der Waals surface area contributed by atoms with E-state index in [0.717, 1.165) is 36.9 Å². The second-order valence-corrected chi connectivity index (χ2v) is 5.71. The van der Waals surface area contributed by atoms with Gasteiger partial charge in [-0.1, -0.05) is 15.9 Å². The number of hydrogen-bond donors (Lipinski definition) is 1. The van der Waals surface area contributed by atoms with Crippen LogP contribution in [0.15, 0.2) is 28.7 Å². The zero-order valence-electron chi connectivity index (χ0n) is 11.4. The third kappa shape index (κ3) is 5.23. The van der Waals surface area contributed by atoms with Gasteiger partial charge in [0.25, 0.3) is 5.91 Å². The van der Waals surface area contributed by atoms with E-state index in [2.05, 4.69) is 21.2 Å². The predicted molar refractivity (Wildman–Crippen MR) is 80.9 cm³/mol. The molecule has 1 aromatic carbocycles. The Kier molecular flexibility index (Phi) is 6.50. The van der Waals surface area contributed by atoms with Crippen molar-refractivity contribution in [2.45, 2.75) is 25.4 Å². The maximum Gasteiger partial charge on any atom is 0.251 e. The summed E-state index contributed by atoms with van der Waals surface area (Å²) < 4.78 is 12.0. The van der Waals surface area contributed by atoms with E-state index >= 15 is 0 Å². The Labute approximate surface area is 128 Å². The molecule has 0 spiro atoms. The lowest BCUT2D eigenvalue weighted by Crippen LogP contribution is -2.27. The first kappa shape index (κ1) is 15.5. The zero-order valence-corrected chi connectivity index (χ0v) is 13.0. The van der Waals surface area contributed by atoms with Gasteiger partial charge in [-0.05, 0) is 43.5 Å². The third-order valence-corrected chi connectivity index (χ3v) is 3.76. The van der Waals surface area contributed by atoms with Crippen LogP contribution in [0.1, 0.15) is 29.6 Å². The van der Waals surface area contributed by atoms with Gasteiger partial charge in [-0.25, -0.2) is 0 Å². The summed E-state index contributed by atoms with van der Waals surface area (Å²) in [5, 5.41) is 2.90. The van der Waals surface area contributed by atoms with Gasteiger partial charge in [0, 0.05) is 36.4 Å². The molecule has 110 valence electrons. The minimum absolute atomic E-state index is 0.0384. The smallest absolute Gasteiger partial charge is 0.251 e. The van der Waals surface area contributed by atoms with Crippen molar-refractivity contribution in [2.24, 2.45) is 0 Å². The molecule has 0 radical (unpaired) electrons. The van der Waals surface area contributed by atoms with Gasteiger partial charge in [-0.2, -0.15) is 0 Å². The van der Waals surface area contributed by atoms with Gasteiger partial charge in [0.1, 0.15) is 0 Å². The molecule has 0 atom stereocenters. The van der Waals surface area contributed by atoms with E-state index < -0.39 is 0 Å². The van der Waals surface area contributed by atoms with Crippen LogP contribution in [0.5, 0.6) is 0 Å². The van der Waals surface area contributed by atoms with Crippen LogP contribution in [0.4, 0.5) is 0 Å². The summed E-state index contributed by atoms with van der Waals surface area (Å²) in [7, 11) is 0. The SMILES string of the molecule is O=C(NCCCOC1CCOCC1)c1ccc(Br)cc1. The molecule has 20 heavy (non-hydrogen) atoms. The van der Waals surface area contributed by atoms with Crippen LogP contribution < -0.4 is 5.32 Å². The Morgan fingerprint density at radius 1 is 1.30 bits per heavy atom. The average molecular weight is 342 g/mol. The minimum atomic E-state index is -0.0384. The van der Waals surface area contributed by atoms with Gasteiger partial charge in [-0.3, -0.25) is 4.79 Å². The lowest BCUT2D eigenvalue weighted by molar-refractivity contribution is -0.0321. The van der Waals surface area contributed by atoms with E-state index in [1.165, 1.54) is 0 Å². The van der Waals surface area contributed by atoms with E-state index in [1.54, 1.807) is 12.1 Å². The lowest BCUT2D eigenvalue weighted by atomic mass is 10.1. The third-order valence-electron chi connectivity index (χ3n) is 3.23. The normalized spacial score (nSPS) is 16.1. The number of halogens is 1. The molecular weight excluding hydrogens is 322 g/mol. The molecule has 1 heterocycles. The lowest BCUT2D eigenvalue weighted by Gasteiger charge is -2.22. The molecule has 1 saturated heterocycles. The molecule has 0 saturated carbocycles. The summed E-state index contributed by atoms with van der Waals surface area (Å²) in [6, 6.07) is 7.34. The highest BCUT2D eigenvalue weighted by molar-refractivity contribution is 9.10. The standard InChI is InChI=1S/C15H20BrNO3/c16-13-4-2-12(3-5-13)15(18)17-8-1-9-20-14-6-10-19-11-7-14/h2-5,14H,1,6-11H2,(H,17,18). The van der Waals surface area contributed by atoms with Gasteiger partial charge in [0.15, 0.2) is 0 Å². The Morgan fingerprint density at radius 2 is 2.00 bits per heavy atom. The summed E-state index contributed by atoms with van der Waals surface area (Å²) in [5.41, 5.74) is 0.679. The first-order chi connectivity index (χ1) is 9.75. The van der Waals surface area contributed by atoms with Crippen molar-refractivity contribution >= 4 is 21.8 Å². The van der Waals surface area contributed by atoms with Gasteiger partial charge in [0.2, 0.25) is 0 Å². The number of rotatable bonds is 6. The second-order valence-electron chi connectivity index (χ2n) is 4.80. The topological polar surface area (TPSA) is 47.6 Å². The number of benzene rings is 1. The average Bonchev–Trinajstić information content (AvgIpc) is 2.48. The van der Waals surface area contributed by atoms with E-state index in [4.69, 9.17) is 9.47 Å². The van der Waals surface area contributed by atoms with Crippen molar-refractivity contribution in [3.05, 3.63) is 34.3 Å². The van der Waals surface area contributed by atoms with Crippen LogP contribution in [0.2, 0.25) is 0 Å². The van der Waals surface area contributed by atoms with E-state index in [-0.39, 0.29) is 5.91 Å². The predicted octanol–water partition coefficient (Wildman–Crippen LogP) is 2.76. The Morgan fingerprint density at radius 3 is 2.70 bits per heavy atom. The number of carbonyl (C=O) groups excluding carboxylic acids is 1. The first-order valence-electron chi connectivity index (χ1n) is 6.99. The van der Waals surface area contributed by atoms with Crippen molar-refractivity contribution in [3.63, 3.8) is 0 Å². The number of nitrogens with one attached hydrogen (secondary N) is 1. The summed E-state index contributed by atoms with van der Waals surface area (Å²) in [6.45, 7) is 2.92. The van der Waals surface area contributed by atoms with Crippen molar-refractivity contribution in [1.82, 2.24) is 5.32 Å². The number of amides is 1. The van der Waals surface area contributed by atoms with Crippen molar-refractivity contribution in [2.75, 3.05) is 26.4 Å². The Balaban J connectivity index is 1.58. The van der Waals surface area contributed by atoms with E-state index in [1.807, 2.05) is 12.1 Å². The molecule has 4 nitrogen and oxygen atoms in total. The molecule has 1 aliphatic heterocycles. The van der Waals surface area contributed by atoms with Crippen LogP contribution in [0.25, 0.3) is 0 Å². The van der Waals surface area contributed by atoms with Crippen LogP contribution in [-0.4, -0.2) is 38.4 Å². The first-order valence-corrected chi connectivity index (χ1v) is 7.78. The molecule has 0 bridgehead atoms. The molecular formula is C15H20BrNO3. The van der Waals surface area contributed by atoms with Gasteiger partial charge >= 0.3 is 0 Å². The van der Waals surface area contributed by atoms with Gasteiger partial charge in [-0.15, -0.1) is 0 Å². The largest absolute Gasteiger partial charge is 0.381 e. The summed E-state index contributed by atoms with van der Waals surface area (Å²) in [6.07, 6.45) is 3.11.